The number of benzene rings is 1. The van der Waals surface area contributed by atoms with Crippen LogP contribution in [0.1, 0.15) is 34.5 Å². The molecule has 0 amide bonds. The average molecular weight is 395 g/mol. The summed E-state index contributed by atoms with van der Waals surface area (Å²) >= 11 is 1.47. The Balaban J connectivity index is 1.66. The Hall–Kier alpha value is -3.00. The SMILES string of the molecule is COC(=O)c1cncnc1N1CCC(c2ccccc2)(c2csc(N)n2)CC1. The van der Waals surface area contributed by atoms with Crippen molar-refractivity contribution in [1.82, 2.24) is 15.0 Å². The van der Waals surface area contributed by atoms with E-state index in [9.17, 15) is 4.79 Å². The fourth-order valence-electron chi connectivity index (χ4n) is 3.89. The summed E-state index contributed by atoms with van der Waals surface area (Å²) in [5.41, 5.74) is 8.36. The van der Waals surface area contributed by atoms with Gasteiger partial charge in [-0.3, -0.25) is 0 Å². The second-order valence-electron chi connectivity index (χ2n) is 6.76. The molecule has 1 aromatic carbocycles. The number of nitrogen functional groups attached to an aromatic ring is 1. The number of thiazole rings is 1. The van der Waals surface area contributed by atoms with Gasteiger partial charge in [0.15, 0.2) is 5.13 Å². The van der Waals surface area contributed by atoms with Crippen molar-refractivity contribution in [1.29, 1.82) is 0 Å². The minimum absolute atomic E-state index is 0.204. The molecule has 2 aromatic heterocycles. The van der Waals surface area contributed by atoms with Crippen LogP contribution < -0.4 is 10.6 Å². The zero-order valence-electron chi connectivity index (χ0n) is 15.5. The van der Waals surface area contributed by atoms with Crippen molar-refractivity contribution in [3.05, 3.63) is 65.1 Å². The minimum Gasteiger partial charge on any atom is -0.465 e. The van der Waals surface area contributed by atoms with Gasteiger partial charge in [0.1, 0.15) is 17.7 Å². The van der Waals surface area contributed by atoms with Crippen molar-refractivity contribution in [3.8, 4) is 0 Å². The first kappa shape index (κ1) is 18.4. The Labute approximate surface area is 167 Å². The van der Waals surface area contributed by atoms with E-state index in [1.807, 2.05) is 6.07 Å². The summed E-state index contributed by atoms with van der Waals surface area (Å²) in [5.74, 6) is 0.184. The highest BCUT2D eigenvalue weighted by Gasteiger charge is 2.40. The van der Waals surface area contributed by atoms with Gasteiger partial charge in [-0.25, -0.2) is 19.7 Å². The third-order valence-corrected chi connectivity index (χ3v) is 6.03. The van der Waals surface area contributed by atoms with Crippen LogP contribution in [0.5, 0.6) is 0 Å². The number of ether oxygens (including phenoxy) is 1. The summed E-state index contributed by atoms with van der Waals surface area (Å²) in [7, 11) is 1.36. The van der Waals surface area contributed by atoms with Gasteiger partial charge in [-0.2, -0.15) is 0 Å². The normalized spacial score (nSPS) is 16.0. The highest BCUT2D eigenvalue weighted by molar-refractivity contribution is 7.13. The van der Waals surface area contributed by atoms with Gasteiger partial charge in [0, 0.05) is 30.1 Å². The molecule has 144 valence electrons. The van der Waals surface area contributed by atoms with Gasteiger partial charge in [0.2, 0.25) is 0 Å². The molecule has 1 fully saturated rings. The lowest BCUT2D eigenvalue weighted by atomic mass is 9.70. The lowest BCUT2D eigenvalue weighted by molar-refractivity contribution is 0.0600. The van der Waals surface area contributed by atoms with Crippen molar-refractivity contribution in [2.75, 3.05) is 30.8 Å². The molecule has 0 saturated carbocycles. The molecule has 0 unspecified atom stereocenters. The highest BCUT2D eigenvalue weighted by atomic mass is 32.1. The molecule has 1 saturated heterocycles. The molecule has 3 aromatic rings. The maximum Gasteiger partial charge on any atom is 0.343 e. The van der Waals surface area contributed by atoms with Crippen LogP contribution in [0.25, 0.3) is 0 Å². The molecule has 0 aliphatic carbocycles. The van der Waals surface area contributed by atoms with Gasteiger partial charge in [-0.1, -0.05) is 30.3 Å². The molecule has 2 N–H and O–H groups in total. The summed E-state index contributed by atoms with van der Waals surface area (Å²) in [5, 5.41) is 2.64. The molecule has 0 radical (unpaired) electrons. The van der Waals surface area contributed by atoms with E-state index in [-0.39, 0.29) is 5.41 Å². The van der Waals surface area contributed by atoms with Gasteiger partial charge < -0.3 is 15.4 Å². The predicted molar refractivity (Wildman–Crippen MR) is 109 cm³/mol. The minimum atomic E-state index is -0.428. The van der Waals surface area contributed by atoms with Gasteiger partial charge in [-0.05, 0) is 18.4 Å². The van der Waals surface area contributed by atoms with E-state index in [0.717, 1.165) is 31.6 Å². The van der Waals surface area contributed by atoms with E-state index in [1.54, 1.807) is 0 Å². The van der Waals surface area contributed by atoms with Crippen molar-refractivity contribution < 1.29 is 9.53 Å². The van der Waals surface area contributed by atoms with Crippen LogP contribution in [0.15, 0.2) is 48.2 Å². The Kier molecular flexibility index (Phi) is 4.95. The summed E-state index contributed by atoms with van der Waals surface area (Å²) < 4.78 is 4.88. The zero-order valence-corrected chi connectivity index (χ0v) is 16.4. The van der Waals surface area contributed by atoms with Crippen molar-refractivity contribution in [2.45, 2.75) is 18.3 Å². The van der Waals surface area contributed by atoms with Crippen LogP contribution >= 0.6 is 11.3 Å². The molecule has 28 heavy (non-hydrogen) atoms. The smallest absolute Gasteiger partial charge is 0.343 e. The number of methoxy groups -OCH3 is 1. The third kappa shape index (κ3) is 3.20. The Morgan fingerprint density at radius 3 is 2.64 bits per heavy atom. The van der Waals surface area contributed by atoms with E-state index in [0.29, 0.717) is 16.5 Å². The van der Waals surface area contributed by atoms with E-state index in [2.05, 4.69) is 49.5 Å². The summed E-state index contributed by atoms with van der Waals surface area (Å²) in [6.07, 6.45) is 4.64. The number of rotatable bonds is 4. The number of aromatic nitrogens is 3. The summed E-state index contributed by atoms with van der Waals surface area (Å²) in [4.78, 5) is 27.2. The van der Waals surface area contributed by atoms with Crippen LogP contribution in [0.3, 0.4) is 0 Å². The summed E-state index contributed by atoms with van der Waals surface area (Å²) in [6, 6.07) is 10.4. The lowest BCUT2D eigenvalue weighted by Crippen LogP contribution is -2.44. The fraction of sp³-hybridized carbons (Fsp3) is 0.300. The average Bonchev–Trinajstić information content (AvgIpc) is 3.20. The standard InChI is InChI=1S/C20H21N5O2S/c1-27-18(26)15-11-22-13-23-17(15)25-9-7-20(8-10-25,14-5-3-2-4-6-14)16-12-28-19(21)24-16/h2-6,11-13H,7-10H2,1H3,(H2,21,24). The number of nitrogens with two attached hydrogens (primary N) is 1. The molecule has 0 atom stereocenters. The van der Waals surface area contributed by atoms with Gasteiger partial charge in [0.05, 0.1) is 12.8 Å². The summed E-state index contributed by atoms with van der Waals surface area (Å²) in [6.45, 7) is 1.46. The van der Waals surface area contributed by atoms with E-state index >= 15 is 0 Å². The molecule has 1 aliphatic rings. The molecule has 7 nitrogen and oxygen atoms in total. The quantitative estimate of drug-likeness (QED) is 0.679. The largest absolute Gasteiger partial charge is 0.465 e. The highest BCUT2D eigenvalue weighted by Crippen LogP contribution is 2.43. The van der Waals surface area contributed by atoms with Gasteiger partial charge in [-0.15, -0.1) is 11.3 Å². The Morgan fingerprint density at radius 2 is 2.00 bits per heavy atom. The predicted octanol–water partition coefficient (Wildman–Crippen LogP) is 2.89. The molecule has 1 aliphatic heterocycles. The van der Waals surface area contributed by atoms with Crippen LogP contribution in [0.2, 0.25) is 0 Å². The van der Waals surface area contributed by atoms with Crippen molar-refractivity contribution in [2.24, 2.45) is 0 Å². The van der Waals surface area contributed by atoms with Gasteiger partial charge in [0.25, 0.3) is 0 Å². The van der Waals surface area contributed by atoms with Crippen LogP contribution in [0, 0.1) is 0 Å². The number of hydrogen-bond acceptors (Lipinski definition) is 8. The Morgan fingerprint density at radius 1 is 1.25 bits per heavy atom. The Bertz CT molecular complexity index is 967. The maximum atomic E-state index is 12.1. The van der Waals surface area contributed by atoms with Crippen LogP contribution in [-0.4, -0.2) is 41.1 Å². The molecule has 8 heteroatoms. The lowest BCUT2D eigenvalue weighted by Gasteiger charge is -2.42. The number of carbonyl (C=O) groups excluding carboxylic acids is 1. The number of carbonyl (C=O) groups is 1. The number of piperidine rings is 1. The van der Waals surface area contributed by atoms with Crippen molar-refractivity contribution in [3.63, 3.8) is 0 Å². The first-order valence-electron chi connectivity index (χ1n) is 9.04. The van der Waals surface area contributed by atoms with Crippen LogP contribution in [0.4, 0.5) is 10.9 Å². The molecular formula is C20H21N5O2S. The van der Waals surface area contributed by atoms with E-state index < -0.39 is 5.97 Å². The monoisotopic (exact) mass is 395 g/mol. The van der Waals surface area contributed by atoms with E-state index in [4.69, 9.17) is 10.5 Å². The molecule has 3 heterocycles. The number of anilines is 2. The first-order valence-corrected chi connectivity index (χ1v) is 9.92. The molecule has 4 rings (SSSR count). The number of hydrogen-bond donors (Lipinski definition) is 1. The van der Waals surface area contributed by atoms with Crippen LogP contribution in [-0.2, 0) is 10.2 Å². The zero-order chi connectivity index (χ0) is 19.6. The number of esters is 1. The molecular weight excluding hydrogens is 374 g/mol. The van der Waals surface area contributed by atoms with E-state index in [1.165, 1.54) is 36.5 Å². The third-order valence-electron chi connectivity index (χ3n) is 5.35. The molecule has 0 spiro atoms. The number of nitrogens with zero attached hydrogens (tertiary/aromatic N) is 4. The fourth-order valence-corrected chi connectivity index (χ4v) is 4.55. The molecule has 0 bridgehead atoms. The van der Waals surface area contributed by atoms with Gasteiger partial charge >= 0.3 is 5.97 Å². The first-order chi connectivity index (χ1) is 13.6. The maximum absolute atomic E-state index is 12.1. The topological polar surface area (TPSA) is 94.2 Å². The second-order valence-corrected chi connectivity index (χ2v) is 7.65. The second kappa shape index (κ2) is 7.55. The van der Waals surface area contributed by atoms with Crippen molar-refractivity contribution >= 4 is 28.3 Å².